The van der Waals surface area contributed by atoms with Crippen LogP contribution < -0.4 is 0 Å². The van der Waals surface area contributed by atoms with E-state index >= 15 is 0 Å². The fourth-order valence-corrected chi connectivity index (χ4v) is 3.14. The Hall–Kier alpha value is -0.630. The van der Waals surface area contributed by atoms with E-state index in [0.717, 1.165) is 22.8 Å². The van der Waals surface area contributed by atoms with Gasteiger partial charge in [0.15, 0.2) is 0 Å². The smallest absolute Gasteiger partial charge is 0.132 e. The molecule has 88 valence electrons. The van der Waals surface area contributed by atoms with E-state index in [1.54, 1.807) is 11.8 Å². The summed E-state index contributed by atoms with van der Waals surface area (Å²) in [6.45, 7) is 0. The number of benzene rings is 1. The number of hydrogen-bond donors (Lipinski definition) is 1. The van der Waals surface area contributed by atoms with Gasteiger partial charge >= 0.3 is 0 Å². The minimum Gasteiger partial charge on any atom is -0.506 e. The highest BCUT2D eigenvalue weighted by molar-refractivity contribution is 7.98. The van der Waals surface area contributed by atoms with Crippen LogP contribution >= 0.6 is 11.8 Å². The Balaban J connectivity index is 2.08. The van der Waals surface area contributed by atoms with Gasteiger partial charge in [-0.05, 0) is 30.2 Å². The molecule has 2 heteroatoms. The molecule has 1 fully saturated rings. The maximum Gasteiger partial charge on any atom is 0.132 e. The molecule has 1 aromatic carbocycles. The van der Waals surface area contributed by atoms with Crippen LogP contribution in [-0.2, 0) is 6.42 Å². The Labute approximate surface area is 102 Å². The van der Waals surface area contributed by atoms with Gasteiger partial charge in [0.1, 0.15) is 5.75 Å². The number of para-hydroxylation sites is 1. The van der Waals surface area contributed by atoms with Gasteiger partial charge in [0.05, 0.1) is 0 Å². The topological polar surface area (TPSA) is 20.2 Å². The predicted octanol–water partition coefficient (Wildman–Crippen LogP) is 4.24. The molecule has 0 bridgehead atoms. The normalized spacial score (nSPS) is 17.6. The van der Waals surface area contributed by atoms with Crippen molar-refractivity contribution in [2.24, 2.45) is 5.92 Å². The second kappa shape index (κ2) is 5.62. The highest BCUT2D eigenvalue weighted by Crippen LogP contribution is 2.34. The molecule has 0 saturated heterocycles. The summed E-state index contributed by atoms with van der Waals surface area (Å²) in [7, 11) is 0. The maximum absolute atomic E-state index is 10.1. The molecule has 0 heterocycles. The van der Waals surface area contributed by atoms with E-state index in [-0.39, 0.29) is 0 Å². The van der Waals surface area contributed by atoms with Gasteiger partial charge in [-0.3, -0.25) is 0 Å². The van der Waals surface area contributed by atoms with Crippen molar-refractivity contribution in [1.82, 2.24) is 0 Å². The van der Waals surface area contributed by atoms with E-state index in [9.17, 15) is 5.11 Å². The molecule has 1 N–H and O–H groups in total. The molecule has 16 heavy (non-hydrogen) atoms. The van der Waals surface area contributed by atoms with Crippen LogP contribution in [0.4, 0.5) is 0 Å². The summed E-state index contributed by atoms with van der Waals surface area (Å²) in [4.78, 5) is 1.01. The molecule has 0 radical (unpaired) electrons. The zero-order chi connectivity index (χ0) is 11.4. The minimum absolute atomic E-state index is 0.514. The van der Waals surface area contributed by atoms with Crippen molar-refractivity contribution in [3.63, 3.8) is 0 Å². The van der Waals surface area contributed by atoms with Crippen molar-refractivity contribution < 1.29 is 5.11 Å². The second-order valence-corrected chi connectivity index (χ2v) is 5.52. The van der Waals surface area contributed by atoms with Crippen molar-refractivity contribution in [1.29, 1.82) is 0 Å². The first-order valence-electron chi connectivity index (χ1n) is 6.16. The summed E-state index contributed by atoms with van der Waals surface area (Å²) >= 11 is 1.62. The molecule has 1 nitrogen and oxygen atoms in total. The van der Waals surface area contributed by atoms with E-state index in [1.165, 1.54) is 32.1 Å². The van der Waals surface area contributed by atoms with Gasteiger partial charge in [-0.15, -0.1) is 11.8 Å². The molecule has 0 amide bonds. The Bertz CT molecular complexity index is 343. The number of aromatic hydroxyl groups is 1. The first-order valence-corrected chi connectivity index (χ1v) is 7.38. The third-order valence-corrected chi connectivity index (χ3v) is 4.31. The molecular formula is C14H20OS. The standard InChI is InChI=1S/C14H20OS/c1-16-13-9-5-8-12(14(13)15)10-11-6-3-2-4-7-11/h5,8-9,11,15H,2-4,6-7,10H2,1H3. The SMILES string of the molecule is CSc1cccc(CC2CCCCC2)c1O. The third kappa shape index (κ3) is 2.73. The summed E-state index contributed by atoms with van der Waals surface area (Å²) in [6.07, 6.45) is 9.88. The van der Waals surface area contributed by atoms with Crippen molar-refractivity contribution in [2.75, 3.05) is 6.26 Å². The minimum atomic E-state index is 0.514. The molecule has 0 unspecified atom stereocenters. The van der Waals surface area contributed by atoms with Crippen LogP contribution in [0.15, 0.2) is 23.1 Å². The fraction of sp³-hybridized carbons (Fsp3) is 0.571. The van der Waals surface area contributed by atoms with E-state index in [1.807, 2.05) is 12.3 Å². The van der Waals surface area contributed by atoms with Gasteiger partial charge in [-0.1, -0.05) is 44.2 Å². The van der Waals surface area contributed by atoms with Crippen molar-refractivity contribution in [3.05, 3.63) is 23.8 Å². The van der Waals surface area contributed by atoms with Gasteiger partial charge in [0, 0.05) is 4.90 Å². The zero-order valence-electron chi connectivity index (χ0n) is 9.91. The molecule has 0 atom stereocenters. The summed E-state index contributed by atoms with van der Waals surface area (Å²) in [5.74, 6) is 1.30. The van der Waals surface area contributed by atoms with Crippen LogP contribution in [0.1, 0.15) is 37.7 Å². The Kier molecular flexibility index (Phi) is 4.16. The van der Waals surface area contributed by atoms with Crippen molar-refractivity contribution in [2.45, 2.75) is 43.4 Å². The Morgan fingerprint density at radius 1 is 1.25 bits per heavy atom. The average Bonchev–Trinajstić information content (AvgIpc) is 2.33. The lowest BCUT2D eigenvalue weighted by atomic mass is 9.85. The monoisotopic (exact) mass is 236 g/mol. The van der Waals surface area contributed by atoms with Crippen molar-refractivity contribution >= 4 is 11.8 Å². The first kappa shape index (κ1) is 11.8. The van der Waals surface area contributed by atoms with Crippen LogP contribution in [0.25, 0.3) is 0 Å². The summed E-state index contributed by atoms with van der Waals surface area (Å²) in [6, 6.07) is 6.12. The summed E-state index contributed by atoms with van der Waals surface area (Å²) < 4.78 is 0. The Morgan fingerprint density at radius 2 is 2.00 bits per heavy atom. The number of phenolic OH excluding ortho intramolecular Hbond substituents is 1. The lowest BCUT2D eigenvalue weighted by molar-refractivity contribution is 0.350. The molecule has 1 aromatic rings. The number of phenols is 1. The van der Waals surface area contributed by atoms with Gasteiger partial charge in [-0.2, -0.15) is 0 Å². The number of thioether (sulfide) groups is 1. The second-order valence-electron chi connectivity index (χ2n) is 4.68. The highest BCUT2D eigenvalue weighted by atomic mass is 32.2. The molecule has 1 saturated carbocycles. The predicted molar refractivity (Wildman–Crippen MR) is 70.2 cm³/mol. The van der Waals surface area contributed by atoms with Gasteiger partial charge in [0.25, 0.3) is 0 Å². The molecule has 0 aromatic heterocycles. The molecule has 2 rings (SSSR count). The third-order valence-electron chi connectivity index (χ3n) is 3.54. The lowest BCUT2D eigenvalue weighted by Gasteiger charge is -2.22. The van der Waals surface area contributed by atoms with E-state index < -0.39 is 0 Å². The van der Waals surface area contributed by atoms with Gasteiger partial charge in [-0.25, -0.2) is 0 Å². The highest BCUT2D eigenvalue weighted by Gasteiger charge is 2.16. The number of hydrogen-bond acceptors (Lipinski definition) is 2. The van der Waals surface area contributed by atoms with Crippen LogP contribution in [0, 0.1) is 5.92 Å². The molecule has 1 aliphatic carbocycles. The van der Waals surface area contributed by atoms with Crippen LogP contribution in [-0.4, -0.2) is 11.4 Å². The number of rotatable bonds is 3. The Morgan fingerprint density at radius 3 is 2.69 bits per heavy atom. The molecular weight excluding hydrogens is 216 g/mol. The largest absolute Gasteiger partial charge is 0.506 e. The molecule has 0 aliphatic heterocycles. The first-order chi connectivity index (χ1) is 7.81. The molecule has 1 aliphatic rings. The average molecular weight is 236 g/mol. The lowest BCUT2D eigenvalue weighted by Crippen LogP contribution is -2.09. The van der Waals surface area contributed by atoms with Gasteiger partial charge < -0.3 is 5.11 Å². The fourth-order valence-electron chi connectivity index (χ4n) is 2.60. The van der Waals surface area contributed by atoms with Crippen molar-refractivity contribution in [3.8, 4) is 5.75 Å². The van der Waals surface area contributed by atoms with Crippen LogP contribution in [0.2, 0.25) is 0 Å². The quantitative estimate of drug-likeness (QED) is 0.792. The van der Waals surface area contributed by atoms with Crippen LogP contribution in [0.5, 0.6) is 5.75 Å². The van der Waals surface area contributed by atoms with E-state index in [2.05, 4.69) is 12.1 Å². The molecule has 0 spiro atoms. The zero-order valence-corrected chi connectivity index (χ0v) is 10.7. The van der Waals surface area contributed by atoms with Crippen LogP contribution in [0.3, 0.4) is 0 Å². The van der Waals surface area contributed by atoms with E-state index in [0.29, 0.717) is 5.75 Å². The van der Waals surface area contributed by atoms with Gasteiger partial charge in [0.2, 0.25) is 0 Å². The maximum atomic E-state index is 10.1. The summed E-state index contributed by atoms with van der Waals surface area (Å²) in [5.41, 5.74) is 1.14. The summed E-state index contributed by atoms with van der Waals surface area (Å²) in [5, 5.41) is 10.1. The van der Waals surface area contributed by atoms with E-state index in [4.69, 9.17) is 0 Å².